The van der Waals surface area contributed by atoms with Gasteiger partial charge in [0.2, 0.25) is 0 Å². The number of imidazole rings is 1. The van der Waals surface area contributed by atoms with E-state index in [9.17, 15) is 14.7 Å². The van der Waals surface area contributed by atoms with Crippen LogP contribution in [0.5, 0.6) is 0 Å². The molecule has 1 unspecified atom stereocenters. The molecule has 142 valence electrons. The van der Waals surface area contributed by atoms with Gasteiger partial charge in [0.1, 0.15) is 5.82 Å². The molecule has 0 aliphatic carbocycles. The zero-order valence-electron chi connectivity index (χ0n) is 16.2. The molecule has 0 radical (unpaired) electrons. The monoisotopic (exact) mass is 398 g/mol. The number of fused-ring (bicyclic) bond motifs is 2. The van der Waals surface area contributed by atoms with Crippen molar-refractivity contribution >= 4 is 18.0 Å². The first-order valence-corrected chi connectivity index (χ1v) is 9.39. The first-order chi connectivity index (χ1) is 13.6. The molecule has 0 bridgehead atoms. The van der Waals surface area contributed by atoms with Crippen molar-refractivity contribution in [2.75, 3.05) is 6.54 Å². The summed E-state index contributed by atoms with van der Waals surface area (Å²) < 4.78 is 2.13. The number of hydrogen-bond acceptors (Lipinski definition) is 5. The predicted octanol–water partition coefficient (Wildman–Crippen LogP) is -2.47. The fourth-order valence-electron chi connectivity index (χ4n) is 4.20. The Morgan fingerprint density at radius 1 is 1.24 bits per heavy atom. The molecule has 0 spiro atoms. The molecule has 1 amide bonds. The van der Waals surface area contributed by atoms with E-state index in [4.69, 9.17) is 4.98 Å². The standard InChI is InChI=1S/C21H20N4O3.Na/c26-20-16(17-6-7-18(21(27)28)25(17)20)10-15-12-24-9-8-23(13-19(24)22-15)11-14-4-2-1-3-5-14;/h1-5,7,10,12,17H,6,8-9,11,13H2,(H,27,28);/q;+1/p-1/b16-10+;. The van der Waals surface area contributed by atoms with Crippen molar-refractivity contribution in [3.8, 4) is 0 Å². The van der Waals surface area contributed by atoms with Crippen molar-refractivity contribution in [2.45, 2.75) is 32.1 Å². The van der Waals surface area contributed by atoms with Crippen LogP contribution in [0.3, 0.4) is 0 Å². The van der Waals surface area contributed by atoms with Gasteiger partial charge in [0.05, 0.1) is 29.9 Å². The Kier molecular flexibility index (Phi) is 5.48. The molecule has 5 rings (SSSR count). The maximum atomic E-state index is 12.3. The van der Waals surface area contributed by atoms with Gasteiger partial charge in [-0.3, -0.25) is 14.6 Å². The quantitative estimate of drug-likeness (QED) is 0.324. The summed E-state index contributed by atoms with van der Waals surface area (Å²) in [5, 5.41) is 11.1. The van der Waals surface area contributed by atoms with E-state index in [-0.39, 0.29) is 47.2 Å². The van der Waals surface area contributed by atoms with Gasteiger partial charge in [0.15, 0.2) is 0 Å². The topological polar surface area (TPSA) is 81.5 Å². The van der Waals surface area contributed by atoms with E-state index in [1.165, 1.54) is 10.5 Å². The van der Waals surface area contributed by atoms with E-state index < -0.39 is 5.97 Å². The van der Waals surface area contributed by atoms with Crippen molar-refractivity contribution < 1.29 is 44.3 Å². The van der Waals surface area contributed by atoms with Crippen LogP contribution in [0.1, 0.15) is 23.5 Å². The van der Waals surface area contributed by atoms with Crippen LogP contribution in [0.2, 0.25) is 0 Å². The number of β-lactam (4-membered cyclic amide) rings is 1. The number of rotatable bonds is 4. The molecule has 1 aromatic heterocycles. The largest absolute Gasteiger partial charge is 1.00 e. The van der Waals surface area contributed by atoms with Gasteiger partial charge >= 0.3 is 29.6 Å². The summed E-state index contributed by atoms with van der Waals surface area (Å²) in [4.78, 5) is 31.8. The molecule has 1 aromatic carbocycles. The molecule has 8 heteroatoms. The number of nitrogens with zero attached hydrogens (tertiary/aromatic N) is 4. The van der Waals surface area contributed by atoms with Crippen LogP contribution in [0.25, 0.3) is 6.08 Å². The summed E-state index contributed by atoms with van der Waals surface area (Å²) in [5.41, 5.74) is 2.63. The average Bonchev–Trinajstić information content (AvgIpc) is 3.28. The van der Waals surface area contributed by atoms with E-state index >= 15 is 0 Å². The molecule has 1 atom stereocenters. The van der Waals surface area contributed by atoms with Crippen molar-refractivity contribution in [3.05, 3.63) is 71.0 Å². The van der Waals surface area contributed by atoms with E-state index in [0.717, 1.165) is 37.7 Å². The second-order valence-electron chi connectivity index (χ2n) is 7.37. The average molecular weight is 398 g/mol. The second-order valence-corrected chi connectivity index (χ2v) is 7.37. The number of carboxylic acids is 1. The van der Waals surface area contributed by atoms with Gasteiger partial charge in [-0.05, 0) is 18.1 Å². The van der Waals surface area contributed by atoms with E-state index in [2.05, 4.69) is 21.6 Å². The Hall–Kier alpha value is -2.19. The maximum Gasteiger partial charge on any atom is 1.00 e. The Bertz CT molecular complexity index is 1030. The van der Waals surface area contributed by atoms with Gasteiger partial charge in [-0.15, -0.1) is 0 Å². The summed E-state index contributed by atoms with van der Waals surface area (Å²) in [5.74, 6) is -0.585. The number of aromatic nitrogens is 2. The van der Waals surface area contributed by atoms with Crippen molar-refractivity contribution in [1.29, 1.82) is 0 Å². The van der Waals surface area contributed by atoms with Gasteiger partial charge in [-0.2, -0.15) is 0 Å². The fourth-order valence-corrected chi connectivity index (χ4v) is 4.20. The smallest absolute Gasteiger partial charge is 0.543 e. The fraction of sp³-hybridized carbons (Fsp3) is 0.286. The third kappa shape index (κ3) is 3.59. The van der Waals surface area contributed by atoms with Gasteiger partial charge < -0.3 is 14.5 Å². The summed E-state index contributed by atoms with van der Waals surface area (Å²) in [7, 11) is 0. The minimum Gasteiger partial charge on any atom is -0.543 e. The molecule has 7 nitrogen and oxygen atoms in total. The van der Waals surface area contributed by atoms with E-state index in [1.807, 2.05) is 24.4 Å². The number of carboxylic acid groups (broad SMARTS) is 1. The summed E-state index contributed by atoms with van der Waals surface area (Å²) in [6.45, 7) is 3.45. The maximum absolute atomic E-state index is 12.3. The molecule has 2 aromatic rings. The number of benzene rings is 1. The first kappa shape index (κ1) is 20.1. The number of amides is 1. The Morgan fingerprint density at radius 3 is 2.79 bits per heavy atom. The number of carbonyl (C=O) groups excluding carboxylic acids is 2. The van der Waals surface area contributed by atoms with Crippen molar-refractivity contribution in [3.63, 3.8) is 0 Å². The van der Waals surface area contributed by atoms with E-state index in [1.54, 1.807) is 12.2 Å². The molecule has 3 aliphatic heterocycles. The normalized spacial score (nSPS) is 21.9. The number of hydrogen-bond donors (Lipinski definition) is 0. The van der Waals surface area contributed by atoms with Gasteiger partial charge in [0, 0.05) is 31.4 Å². The molecule has 4 heterocycles. The van der Waals surface area contributed by atoms with Crippen molar-refractivity contribution in [1.82, 2.24) is 19.4 Å². The van der Waals surface area contributed by atoms with Gasteiger partial charge in [-0.25, -0.2) is 4.98 Å². The minimum absolute atomic E-state index is 0. The summed E-state index contributed by atoms with van der Waals surface area (Å²) in [6, 6.07) is 10.2. The molecule has 1 saturated heterocycles. The van der Waals surface area contributed by atoms with Crippen LogP contribution in [0.15, 0.2) is 53.9 Å². The molecule has 3 aliphatic rings. The predicted molar refractivity (Wildman–Crippen MR) is 99.1 cm³/mol. The van der Waals surface area contributed by atoms with Crippen LogP contribution < -0.4 is 34.7 Å². The SMILES string of the molecule is O=C([O-])C1=CCC2/C(=C\c3cn4c(n3)CN(Cc3ccccc3)CC4)C(=O)N12.[Na+]. The molecular weight excluding hydrogens is 379 g/mol. The van der Waals surface area contributed by atoms with Crippen molar-refractivity contribution in [2.24, 2.45) is 0 Å². The number of carbonyl (C=O) groups is 2. The minimum atomic E-state index is -1.30. The third-order valence-electron chi connectivity index (χ3n) is 5.59. The Labute approximate surface area is 190 Å². The zero-order chi connectivity index (χ0) is 19.3. The molecule has 0 saturated carbocycles. The summed E-state index contributed by atoms with van der Waals surface area (Å²) >= 11 is 0. The van der Waals surface area contributed by atoms with Crippen LogP contribution in [0, 0.1) is 0 Å². The number of aliphatic carboxylic acids is 1. The van der Waals surface area contributed by atoms with Crippen LogP contribution in [0.4, 0.5) is 0 Å². The molecule has 1 fully saturated rings. The zero-order valence-corrected chi connectivity index (χ0v) is 18.2. The Balaban J connectivity index is 0.00000205. The van der Waals surface area contributed by atoms with E-state index in [0.29, 0.717) is 12.0 Å². The molecular formula is C21H19N4NaO3. The second kappa shape index (κ2) is 7.91. The molecule has 0 N–H and O–H groups in total. The first-order valence-electron chi connectivity index (χ1n) is 9.39. The summed E-state index contributed by atoms with van der Waals surface area (Å²) in [6.07, 6.45) is 5.83. The van der Waals surface area contributed by atoms with Gasteiger partial charge in [0.25, 0.3) is 5.91 Å². The third-order valence-corrected chi connectivity index (χ3v) is 5.59. The van der Waals surface area contributed by atoms with Crippen LogP contribution in [-0.2, 0) is 29.2 Å². The Morgan fingerprint density at radius 2 is 2.03 bits per heavy atom. The van der Waals surface area contributed by atoms with Gasteiger partial charge in [-0.1, -0.05) is 36.4 Å². The molecule has 29 heavy (non-hydrogen) atoms. The van der Waals surface area contributed by atoms with Crippen LogP contribution >= 0.6 is 0 Å². The van der Waals surface area contributed by atoms with Crippen LogP contribution in [-0.4, -0.2) is 43.8 Å².